The lowest BCUT2D eigenvalue weighted by atomic mass is 10.1. The highest BCUT2D eigenvalue weighted by atomic mass is 32.2. The number of amides is 1. The number of benzene rings is 1. The molecule has 1 atom stereocenters. The van der Waals surface area contributed by atoms with Gasteiger partial charge in [0.2, 0.25) is 0 Å². The number of anilines is 1. The van der Waals surface area contributed by atoms with Gasteiger partial charge in [-0.05, 0) is 29.8 Å². The molecular weight excluding hydrogens is 328 g/mol. The lowest BCUT2D eigenvalue weighted by Gasteiger charge is -2.08. The Labute approximate surface area is 137 Å². The number of sulfone groups is 1. The Hall–Kier alpha value is -2.71. The lowest BCUT2D eigenvalue weighted by Crippen LogP contribution is -2.13. The van der Waals surface area contributed by atoms with Crippen LogP contribution in [0.15, 0.2) is 47.6 Å². The quantitative estimate of drug-likeness (QED) is 0.654. The van der Waals surface area contributed by atoms with Gasteiger partial charge in [-0.15, -0.1) is 0 Å². The first-order chi connectivity index (χ1) is 11.5. The van der Waals surface area contributed by atoms with Crippen LogP contribution in [0, 0.1) is 0 Å². The van der Waals surface area contributed by atoms with E-state index < -0.39 is 15.9 Å². The van der Waals surface area contributed by atoms with E-state index in [-0.39, 0.29) is 22.1 Å². The predicted octanol–water partition coefficient (Wildman–Crippen LogP) is 1.60. The number of nitrogens with two attached hydrogens (primary N) is 1. The number of hydrogen-bond acceptors (Lipinski definition) is 5. The molecule has 1 aliphatic rings. The highest BCUT2D eigenvalue weighted by molar-refractivity contribution is 7.91. The summed E-state index contributed by atoms with van der Waals surface area (Å²) in [7, 11) is -3.43. The zero-order chi connectivity index (χ0) is 16.9. The minimum atomic E-state index is -3.43. The van der Waals surface area contributed by atoms with Crippen LogP contribution in [0.25, 0.3) is 11.0 Å². The van der Waals surface area contributed by atoms with Gasteiger partial charge < -0.3 is 16.0 Å². The molecule has 4 rings (SSSR count). The Balaban J connectivity index is 1.70. The molecule has 1 amide bonds. The first-order valence-corrected chi connectivity index (χ1v) is 8.97. The van der Waals surface area contributed by atoms with E-state index in [0.29, 0.717) is 16.9 Å². The number of hydrogen-bond donors (Lipinski definition) is 3. The highest BCUT2D eigenvalue weighted by Gasteiger charge is 2.33. The summed E-state index contributed by atoms with van der Waals surface area (Å²) < 4.78 is 24.2. The second-order valence-electron chi connectivity index (χ2n) is 5.69. The van der Waals surface area contributed by atoms with Gasteiger partial charge in [0, 0.05) is 29.4 Å². The fraction of sp³-hybridized carbons (Fsp3) is 0.125. The van der Waals surface area contributed by atoms with E-state index in [1.807, 2.05) is 6.07 Å². The van der Waals surface area contributed by atoms with E-state index in [9.17, 15) is 13.2 Å². The van der Waals surface area contributed by atoms with Crippen LogP contribution in [0.1, 0.15) is 22.0 Å². The monoisotopic (exact) mass is 342 g/mol. The van der Waals surface area contributed by atoms with E-state index in [1.54, 1.807) is 30.6 Å². The summed E-state index contributed by atoms with van der Waals surface area (Å²) in [4.78, 5) is 19.8. The summed E-state index contributed by atoms with van der Waals surface area (Å²) in [5.74, 6) is -0.510. The topological polar surface area (TPSA) is 118 Å². The zero-order valence-corrected chi connectivity index (χ0v) is 13.3. The number of pyridine rings is 1. The number of H-pyrrole nitrogens is 1. The van der Waals surface area contributed by atoms with E-state index in [2.05, 4.69) is 15.3 Å². The normalized spacial score (nSPS) is 18.5. The first kappa shape index (κ1) is 14.9. The maximum Gasteiger partial charge on any atom is 0.255 e. The summed E-state index contributed by atoms with van der Waals surface area (Å²) in [6, 6.07) is 7.55. The van der Waals surface area contributed by atoms with Gasteiger partial charge in [0.05, 0.1) is 16.3 Å². The van der Waals surface area contributed by atoms with Crippen LogP contribution in [0.4, 0.5) is 5.69 Å². The smallest absolute Gasteiger partial charge is 0.255 e. The van der Waals surface area contributed by atoms with Crippen LogP contribution < -0.4 is 11.1 Å². The van der Waals surface area contributed by atoms with Crippen molar-refractivity contribution in [1.82, 2.24) is 9.97 Å². The van der Waals surface area contributed by atoms with E-state index >= 15 is 0 Å². The molecule has 0 radical (unpaired) electrons. The van der Waals surface area contributed by atoms with Crippen LogP contribution in [0.3, 0.4) is 0 Å². The fourth-order valence-corrected chi connectivity index (χ4v) is 4.65. The number of carbonyl (C=O) groups is 1. The molecule has 1 aromatic carbocycles. The van der Waals surface area contributed by atoms with Crippen molar-refractivity contribution in [1.29, 1.82) is 0 Å². The number of fused-ring (bicyclic) bond motifs is 2. The third kappa shape index (κ3) is 2.27. The first-order valence-electron chi connectivity index (χ1n) is 7.31. The second kappa shape index (κ2) is 5.15. The fourth-order valence-electron chi connectivity index (χ4n) is 2.93. The molecule has 2 aromatic heterocycles. The Morgan fingerprint density at radius 1 is 1.29 bits per heavy atom. The van der Waals surface area contributed by atoms with Crippen molar-refractivity contribution in [2.24, 2.45) is 5.73 Å². The van der Waals surface area contributed by atoms with Gasteiger partial charge in [-0.25, -0.2) is 13.4 Å². The number of carbonyl (C=O) groups excluding carboxylic acids is 1. The second-order valence-corrected chi connectivity index (χ2v) is 7.70. The van der Waals surface area contributed by atoms with Crippen molar-refractivity contribution >= 4 is 32.5 Å². The van der Waals surface area contributed by atoms with Crippen molar-refractivity contribution in [2.75, 3.05) is 11.1 Å². The summed E-state index contributed by atoms with van der Waals surface area (Å²) >= 11 is 0. The molecule has 0 aliphatic carbocycles. The van der Waals surface area contributed by atoms with E-state index in [4.69, 9.17) is 5.73 Å². The Bertz CT molecular complexity index is 1070. The number of aromatic nitrogens is 2. The van der Waals surface area contributed by atoms with Gasteiger partial charge in [0.25, 0.3) is 5.91 Å². The summed E-state index contributed by atoms with van der Waals surface area (Å²) in [6.45, 7) is 0. The average Bonchev–Trinajstić information content (AvgIpc) is 3.11. The molecule has 7 nitrogen and oxygen atoms in total. The molecule has 0 spiro atoms. The standard InChI is InChI=1S/C16H14N4O3S/c17-12-8-24(22,23)14-7-9(1-2-10(12)14)16(21)20-13-4-6-19-15-11(13)3-5-18-15/h1-7,12H,8,17H2,(H2,18,19,20,21)/t12-/m0/s1. The average molecular weight is 342 g/mol. The summed E-state index contributed by atoms with van der Waals surface area (Å²) in [5, 5.41) is 3.57. The van der Waals surface area contributed by atoms with Crippen molar-refractivity contribution in [3.05, 3.63) is 53.9 Å². The van der Waals surface area contributed by atoms with Gasteiger partial charge in [0.1, 0.15) is 5.65 Å². The van der Waals surface area contributed by atoms with Gasteiger partial charge in [0.15, 0.2) is 9.84 Å². The van der Waals surface area contributed by atoms with Crippen LogP contribution in [-0.2, 0) is 9.84 Å². The molecule has 122 valence electrons. The SMILES string of the molecule is N[C@H]1CS(=O)(=O)c2cc(C(=O)Nc3ccnc4[nH]ccc34)ccc21. The Kier molecular flexibility index (Phi) is 3.19. The van der Waals surface area contributed by atoms with Gasteiger partial charge in [-0.2, -0.15) is 0 Å². The van der Waals surface area contributed by atoms with E-state index in [0.717, 1.165) is 5.39 Å². The molecule has 0 fully saturated rings. The van der Waals surface area contributed by atoms with Crippen LogP contribution in [0.2, 0.25) is 0 Å². The van der Waals surface area contributed by atoms with Crippen LogP contribution in [-0.4, -0.2) is 30.0 Å². The summed E-state index contributed by atoms with van der Waals surface area (Å²) in [5.41, 5.74) is 7.93. The Morgan fingerprint density at radius 2 is 2.12 bits per heavy atom. The van der Waals surface area contributed by atoms with E-state index in [1.165, 1.54) is 6.07 Å². The third-order valence-electron chi connectivity index (χ3n) is 4.12. The highest BCUT2D eigenvalue weighted by Crippen LogP contribution is 2.32. The molecule has 8 heteroatoms. The number of nitrogens with zero attached hydrogens (tertiary/aromatic N) is 1. The minimum absolute atomic E-state index is 0.123. The van der Waals surface area contributed by atoms with Gasteiger partial charge in [-0.1, -0.05) is 6.07 Å². The molecular formula is C16H14N4O3S. The van der Waals surface area contributed by atoms with Crippen molar-refractivity contribution in [3.8, 4) is 0 Å². The maximum absolute atomic E-state index is 12.5. The maximum atomic E-state index is 12.5. The molecule has 0 unspecified atom stereocenters. The molecule has 4 N–H and O–H groups in total. The number of aromatic amines is 1. The zero-order valence-electron chi connectivity index (χ0n) is 12.5. The van der Waals surface area contributed by atoms with Crippen LogP contribution in [0.5, 0.6) is 0 Å². The number of nitrogens with one attached hydrogen (secondary N) is 2. The van der Waals surface area contributed by atoms with Crippen molar-refractivity contribution in [2.45, 2.75) is 10.9 Å². The molecule has 0 saturated carbocycles. The lowest BCUT2D eigenvalue weighted by molar-refractivity contribution is 0.102. The molecule has 0 bridgehead atoms. The van der Waals surface area contributed by atoms with Gasteiger partial charge in [-0.3, -0.25) is 4.79 Å². The molecule has 3 heterocycles. The third-order valence-corrected chi connectivity index (χ3v) is 5.94. The molecule has 1 aliphatic heterocycles. The predicted molar refractivity (Wildman–Crippen MR) is 89.5 cm³/mol. The van der Waals surface area contributed by atoms with Crippen molar-refractivity contribution in [3.63, 3.8) is 0 Å². The largest absolute Gasteiger partial charge is 0.346 e. The molecule has 24 heavy (non-hydrogen) atoms. The van der Waals surface area contributed by atoms with Crippen molar-refractivity contribution < 1.29 is 13.2 Å². The molecule has 0 saturated heterocycles. The summed E-state index contributed by atoms with van der Waals surface area (Å²) in [6.07, 6.45) is 3.32. The minimum Gasteiger partial charge on any atom is -0.346 e. The van der Waals surface area contributed by atoms with Crippen LogP contribution >= 0.6 is 0 Å². The van der Waals surface area contributed by atoms with Gasteiger partial charge >= 0.3 is 0 Å². The molecule has 3 aromatic rings. The number of rotatable bonds is 2. The Morgan fingerprint density at radius 3 is 2.96 bits per heavy atom.